The molecular formula is C21H29N3. The summed E-state index contributed by atoms with van der Waals surface area (Å²) in [5.41, 5.74) is 5.43. The van der Waals surface area contributed by atoms with E-state index in [0.717, 1.165) is 26.2 Å². The highest BCUT2D eigenvalue weighted by molar-refractivity contribution is 5.48. The van der Waals surface area contributed by atoms with Gasteiger partial charge in [-0.15, -0.1) is 0 Å². The number of piperazine rings is 1. The van der Waals surface area contributed by atoms with Crippen LogP contribution < -0.4 is 10.2 Å². The van der Waals surface area contributed by atoms with Gasteiger partial charge >= 0.3 is 0 Å². The van der Waals surface area contributed by atoms with Gasteiger partial charge in [0.1, 0.15) is 0 Å². The molecule has 0 unspecified atom stereocenters. The molecule has 0 radical (unpaired) electrons. The standard InChI is InChI=1S/C21H29N3/c1-3-23-12-14-24(15-13-23)21-10-8-19(9-11-21)16-22-17-20-7-5-4-6-18(20)2/h4-11,22H,3,12-17H2,1-2H3. The van der Waals surface area contributed by atoms with Crippen LogP contribution in [-0.2, 0) is 13.1 Å². The van der Waals surface area contributed by atoms with Crippen LogP contribution in [0.4, 0.5) is 5.69 Å². The summed E-state index contributed by atoms with van der Waals surface area (Å²) in [7, 11) is 0. The maximum atomic E-state index is 3.55. The lowest BCUT2D eigenvalue weighted by Crippen LogP contribution is -2.46. The summed E-state index contributed by atoms with van der Waals surface area (Å²) in [6.07, 6.45) is 0. The predicted octanol–water partition coefficient (Wildman–Crippen LogP) is 3.43. The summed E-state index contributed by atoms with van der Waals surface area (Å²) < 4.78 is 0. The third kappa shape index (κ3) is 4.37. The van der Waals surface area contributed by atoms with E-state index in [1.165, 1.54) is 42.0 Å². The van der Waals surface area contributed by atoms with Gasteiger partial charge < -0.3 is 15.1 Å². The predicted molar refractivity (Wildman–Crippen MR) is 102 cm³/mol. The lowest BCUT2D eigenvalue weighted by atomic mass is 10.1. The van der Waals surface area contributed by atoms with Crippen molar-refractivity contribution in [1.82, 2.24) is 10.2 Å². The first kappa shape index (κ1) is 17.0. The molecule has 0 aromatic heterocycles. The Balaban J connectivity index is 1.49. The summed E-state index contributed by atoms with van der Waals surface area (Å²) >= 11 is 0. The second kappa shape index (κ2) is 8.32. The van der Waals surface area contributed by atoms with Gasteiger partial charge in [0.05, 0.1) is 0 Å². The number of aryl methyl sites for hydroxylation is 1. The first-order valence-corrected chi connectivity index (χ1v) is 9.07. The Bertz CT molecular complexity index is 628. The fraction of sp³-hybridized carbons (Fsp3) is 0.429. The Morgan fingerprint density at radius 2 is 1.58 bits per heavy atom. The van der Waals surface area contributed by atoms with Crippen molar-refractivity contribution in [3.05, 3.63) is 65.2 Å². The molecule has 0 atom stereocenters. The van der Waals surface area contributed by atoms with Gasteiger partial charge in [-0.1, -0.05) is 43.3 Å². The largest absolute Gasteiger partial charge is 0.369 e. The zero-order valence-electron chi connectivity index (χ0n) is 15.0. The number of nitrogens with one attached hydrogen (secondary N) is 1. The van der Waals surface area contributed by atoms with Crippen molar-refractivity contribution in [2.45, 2.75) is 26.9 Å². The van der Waals surface area contributed by atoms with Crippen LogP contribution in [0.1, 0.15) is 23.6 Å². The van der Waals surface area contributed by atoms with Gasteiger partial charge in [-0.3, -0.25) is 0 Å². The van der Waals surface area contributed by atoms with E-state index < -0.39 is 0 Å². The Morgan fingerprint density at radius 1 is 0.875 bits per heavy atom. The van der Waals surface area contributed by atoms with Crippen molar-refractivity contribution in [3.8, 4) is 0 Å². The fourth-order valence-corrected chi connectivity index (χ4v) is 3.30. The van der Waals surface area contributed by atoms with Crippen LogP contribution in [0.5, 0.6) is 0 Å². The molecule has 2 aromatic carbocycles. The van der Waals surface area contributed by atoms with Crippen molar-refractivity contribution in [2.75, 3.05) is 37.6 Å². The van der Waals surface area contributed by atoms with Crippen LogP contribution in [0.15, 0.2) is 48.5 Å². The molecule has 1 aliphatic heterocycles. The molecule has 2 aromatic rings. The number of nitrogens with zero attached hydrogens (tertiary/aromatic N) is 2. The molecule has 0 amide bonds. The Kier molecular flexibility index (Phi) is 5.89. The Labute approximate surface area is 146 Å². The molecule has 3 heteroatoms. The molecule has 1 aliphatic rings. The van der Waals surface area contributed by atoms with Crippen molar-refractivity contribution in [3.63, 3.8) is 0 Å². The van der Waals surface area contributed by atoms with Crippen molar-refractivity contribution >= 4 is 5.69 Å². The topological polar surface area (TPSA) is 18.5 Å². The van der Waals surface area contributed by atoms with E-state index in [2.05, 4.69) is 77.5 Å². The second-order valence-corrected chi connectivity index (χ2v) is 6.62. The van der Waals surface area contributed by atoms with Gasteiger partial charge in [0.25, 0.3) is 0 Å². The van der Waals surface area contributed by atoms with Crippen molar-refractivity contribution in [2.24, 2.45) is 0 Å². The maximum Gasteiger partial charge on any atom is 0.0367 e. The van der Waals surface area contributed by atoms with Crippen LogP contribution in [0, 0.1) is 6.92 Å². The fourth-order valence-electron chi connectivity index (χ4n) is 3.30. The first-order chi connectivity index (χ1) is 11.8. The van der Waals surface area contributed by atoms with E-state index in [9.17, 15) is 0 Å². The van der Waals surface area contributed by atoms with E-state index in [1.807, 2.05) is 0 Å². The average Bonchev–Trinajstić information content (AvgIpc) is 2.64. The van der Waals surface area contributed by atoms with Gasteiger partial charge in [0.15, 0.2) is 0 Å². The van der Waals surface area contributed by atoms with Gasteiger partial charge in [0.2, 0.25) is 0 Å². The maximum absolute atomic E-state index is 3.55. The van der Waals surface area contributed by atoms with Crippen LogP contribution in [-0.4, -0.2) is 37.6 Å². The molecule has 0 aliphatic carbocycles. The zero-order chi connectivity index (χ0) is 16.8. The number of benzene rings is 2. The Morgan fingerprint density at radius 3 is 2.25 bits per heavy atom. The lowest BCUT2D eigenvalue weighted by Gasteiger charge is -2.35. The third-order valence-electron chi connectivity index (χ3n) is 5.03. The second-order valence-electron chi connectivity index (χ2n) is 6.62. The summed E-state index contributed by atoms with van der Waals surface area (Å²) in [6, 6.07) is 17.6. The highest BCUT2D eigenvalue weighted by Gasteiger charge is 2.15. The van der Waals surface area contributed by atoms with Crippen LogP contribution >= 0.6 is 0 Å². The van der Waals surface area contributed by atoms with Crippen LogP contribution in [0.2, 0.25) is 0 Å². The summed E-state index contributed by atoms with van der Waals surface area (Å²) in [5.74, 6) is 0. The molecule has 0 saturated carbocycles. The first-order valence-electron chi connectivity index (χ1n) is 9.07. The smallest absolute Gasteiger partial charge is 0.0367 e. The van der Waals surface area contributed by atoms with Gasteiger partial charge in [-0.2, -0.15) is 0 Å². The normalized spacial score (nSPS) is 15.7. The molecule has 1 fully saturated rings. The average molecular weight is 323 g/mol. The van der Waals surface area contributed by atoms with E-state index >= 15 is 0 Å². The van der Waals surface area contributed by atoms with Crippen LogP contribution in [0.25, 0.3) is 0 Å². The molecule has 1 heterocycles. The SMILES string of the molecule is CCN1CCN(c2ccc(CNCc3ccccc3C)cc2)CC1. The number of hydrogen-bond donors (Lipinski definition) is 1. The monoisotopic (exact) mass is 323 g/mol. The quantitative estimate of drug-likeness (QED) is 0.879. The van der Waals surface area contributed by atoms with Crippen LogP contribution in [0.3, 0.4) is 0 Å². The lowest BCUT2D eigenvalue weighted by molar-refractivity contribution is 0.271. The van der Waals surface area contributed by atoms with E-state index in [4.69, 9.17) is 0 Å². The molecule has 24 heavy (non-hydrogen) atoms. The zero-order valence-corrected chi connectivity index (χ0v) is 15.0. The van der Waals surface area contributed by atoms with Crippen molar-refractivity contribution < 1.29 is 0 Å². The summed E-state index contributed by atoms with van der Waals surface area (Å²) in [4.78, 5) is 5.01. The van der Waals surface area contributed by atoms with Gasteiger partial charge in [-0.05, 0) is 42.3 Å². The van der Waals surface area contributed by atoms with E-state index in [-0.39, 0.29) is 0 Å². The summed E-state index contributed by atoms with van der Waals surface area (Å²) in [6.45, 7) is 12.0. The number of hydrogen-bond acceptors (Lipinski definition) is 3. The van der Waals surface area contributed by atoms with Gasteiger partial charge in [0, 0.05) is 45.0 Å². The van der Waals surface area contributed by atoms with Crippen molar-refractivity contribution in [1.29, 1.82) is 0 Å². The highest BCUT2D eigenvalue weighted by atomic mass is 15.3. The third-order valence-corrected chi connectivity index (χ3v) is 5.03. The molecule has 1 saturated heterocycles. The molecule has 0 bridgehead atoms. The molecule has 3 nitrogen and oxygen atoms in total. The number of rotatable bonds is 6. The summed E-state index contributed by atoms with van der Waals surface area (Å²) in [5, 5.41) is 3.55. The minimum Gasteiger partial charge on any atom is -0.369 e. The minimum atomic E-state index is 0.915. The highest BCUT2D eigenvalue weighted by Crippen LogP contribution is 2.17. The molecular weight excluding hydrogens is 294 g/mol. The van der Waals surface area contributed by atoms with E-state index in [0.29, 0.717) is 0 Å². The molecule has 128 valence electrons. The molecule has 3 rings (SSSR count). The molecule has 1 N–H and O–H groups in total. The van der Waals surface area contributed by atoms with E-state index in [1.54, 1.807) is 0 Å². The number of anilines is 1. The Hall–Kier alpha value is -1.84. The molecule has 0 spiro atoms. The minimum absolute atomic E-state index is 0.915. The van der Waals surface area contributed by atoms with Gasteiger partial charge in [-0.25, -0.2) is 0 Å². The number of likely N-dealkylation sites (N-methyl/N-ethyl adjacent to an activating group) is 1.